The number of thiocarbonyl (C=S) groups is 1. The molecule has 0 amide bonds. The van der Waals surface area contributed by atoms with Crippen molar-refractivity contribution in [3.63, 3.8) is 0 Å². The van der Waals surface area contributed by atoms with Gasteiger partial charge in [0.2, 0.25) is 5.11 Å². The van der Waals surface area contributed by atoms with Crippen molar-refractivity contribution >= 4 is 29.4 Å². The average Bonchev–Trinajstić information content (AvgIpc) is 2.46. The van der Waals surface area contributed by atoms with Gasteiger partial charge in [-0.1, -0.05) is 18.2 Å². The van der Waals surface area contributed by atoms with Crippen molar-refractivity contribution < 1.29 is 4.74 Å². The standard InChI is InChI=1S/C13H17N3OS/c1-15(12-5-3-2-4-6-12)13(18)14-11-16-7-9-17-10-8-16/h2-6,11H,7-10H2,1H3. The van der Waals surface area contributed by atoms with E-state index in [1.54, 1.807) is 0 Å². The van der Waals surface area contributed by atoms with Gasteiger partial charge in [-0.25, -0.2) is 4.99 Å². The van der Waals surface area contributed by atoms with Gasteiger partial charge in [0.25, 0.3) is 0 Å². The highest BCUT2D eigenvalue weighted by Crippen LogP contribution is 2.12. The Balaban J connectivity index is 1.93. The Bertz CT molecular complexity index is 416. The lowest BCUT2D eigenvalue weighted by atomic mass is 10.3. The highest BCUT2D eigenvalue weighted by atomic mass is 32.1. The van der Waals surface area contributed by atoms with Crippen molar-refractivity contribution in [3.05, 3.63) is 30.3 Å². The molecular weight excluding hydrogens is 246 g/mol. The molecule has 0 bridgehead atoms. The molecule has 1 aromatic rings. The zero-order chi connectivity index (χ0) is 12.8. The number of benzene rings is 1. The quantitative estimate of drug-likeness (QED) is 0.462. The number of hydrogen-bond acceptors (Lipinski definition) is 2. The van der Waals surface area contributed by atoms with Crippen LogP contribution in [0.3, 0.4) is 0 Å². The summed E-state index contributed by atoms with van der Waals surface area (Å²) in [6, 6.07) is 9.98. The van der Waals surface area contributed by atoms with E-state index in [1.807, 2.05) is 48.6 Å². The predicted molar refractivity (Wildman–Crippen MR) is 78.3 cm³/mol. The van der Waals surface area contributed by atoms with Gasteiger partial charge in [-0.05, 0) is 24.4 Å². The van der Waals surface area contributed by atoms with Crippen LogP contribution in [0.4, 0.5) is 5.69 Å². The Morgan fingerprint density at radius 3 is 2.67 bits per heavy atom. The second-order valence-electron chi connectivity index (χ2n) is 4.07. The average molecular weight is 263 g/mol. The summed E-state index contributed by atoms with van der Waals surface area (Å²) in [4.78, 5) is 8.34. The lowest BCUT2D eigenvalue weighted by Crippen LogP contribution is -2.36. The molecule has 1 aromatic carbocycles. The van der Waals surface area contributed by atoms with Crippen molar-refractivity contribution in [1.82, 2.24) is 4.90 Å². The van der Waals surface area contributed by atoms with E-state index in [0.717, 1.165) is 32.0 Å². The van der Waals surface area contributed by atoms with Crippen molar-refractivity contribution in [3.8, 4) is 0 Å². The molecule has 1 aliphatic rings. The molecule has 0 radical (unpaired) electrons. The van der Waals surface area contributed by atoms with Crippen LogP contribution < -0.4 is 4.90 Å². The molecule has 1 aliphatic heterocycles. The summed E-state index contributed by atoms with van der Waals surface area (Å²) in [5.74, 6) is 0. The Hall–Kier alpha value is -1.46. The number of ether oxygens (including phenoxy) is 1. The number of anilines is 1. The Labute approximate surface area is 113 Å². The molecule has 2 rings (SSSR count). The van der Waals surface area contributed by atoms with E-state index in [0.29, 0.717) is 5.11 Å². The maximum Gasteiger partial charge on any atom is 0.201 e. The van der Waals surface area contributed by atoms with Crippen LogP contribution in [0.5, 0.6) is 0 Å². The summed E-state index contributed by atoms with van der Waals surface area (Å²) in [5.41, 5.74) is 1.04. The van der Waals surface area contributed by atoms with Crippen LogP contribution in [0, 0.1) is 0 Å². The third kappa shape index (κ3) is 3.51. The largest absolute Gasteiger partial charge is 0.378 e. The molecule has 18 heavy (non-hydrogen) atoms. The van der Waals surface area contributed by atoms with Crippen molar-refractivity contribution in [2.75, 3.05) is 38.3 Å². The van der Waals surface area contributed by atoms with Crippen LogP contribution in [0.2, 0.25) is 0 Å². The minimum atomic E-state index is 0.563. The zero-order valence-corrected chi connectivity index (χ0v) is 11.3. The van der Waals surface area contributed by atoms with Crippen LogP contribution >= 0.6 is 12.2 Å². The third-order valence-electron chi connectivity index (χ3n) is 2.81. The van der Waals surface area contributed by atoms with Gasteiger partial charge in [0.15, 0.2) is 0 Å². The molecule has 5 heteroatoms. The van der Waals surface area contributed by atoms with Gasteiger partial charge in [-0.3, -0.25) is 0 Å². The fourth-order valence-corrected chi connectivity index (χ4v) is 1.83. The van der Waals surface area contributed by atoms with Gasteiger partial charge in [0, 0.05) is 25.8 Å². The van der Waals surface area contributed by atoms with Gasteiger partial charge < -0.3 is 14.5 Å². The summed E-state index contributed by atoms with van der Waals surface area (Å²) < 4.78 is 5.28. The molecule has 0 aromatic heterocycles. The molecule has 96 valence electrons. The van der Waals surface area contributed by atoms with Gasteiger partial charge in [-0.15, -0.1) is 0 Å². The predicted octanol–water partition coefficient (Wildman–Crippen LogP) is 1.77. The molecule has 0 spiro atoms. The number of morpholine rings is 1. The maximum absolute atomic E-state index is 5.30. The smallest absolute Gasteiger partial charge is 0.201 e. The molecule has 0 aliphatic carbocycles. The number of rotatable bonds is 2. The third-order valence-corrected chi connectivity index (χ3v) is 3.19. The van der Waals surface area contributed by atoms with Crippen molar-refractivity contribution in [1.29, 1.82) is 0 Å². The van der Waals surface area contributed by atoms with E-state index in [-0.39, 0.29) is 0 Å². The van der Waals surface area contributed by atoms with E-state index in [4.69, 9.17) is 17.0 Å². The number of nitrogens with zero attached hydrogens (tertiary/aromatic N) is 3. The first kappa shape index (κ1) is 13.0. The van der Waals surface area contributed by atoms with Crippen LogP contribution in [-0.4, -0.2) is 49.7 Å². The SMILES string of the molecule is CN(C(=S)N=CN1CCOCC1)c1ccccc1. The second-order valence-corrected chi connectivity index (χ2v) is 4.44. The van der Waals surface area contributed by atoms with E-state index in [1.165, 1.54) is 0 Å². The van der Waals surface area contributed by atoms with Crippen LogP contribution in [0.15, 0.2) is 35.3 Å². The Kier molecular flexibility index (Phi) is 4.66. The summed E-state index contributed by atoms with van der Waals surface area (Å²) >= 11 is 5.30. The van der Waals surface area contributed by atoms with Crippen molar-refractivity contribution in [2.45, 2.75) is 0 Å². The first-order valence-corrected chi connectivity index (χ1v) is 6.37. The number of aliphatic imine (C=N–C) groups is 1. The van der Waals surface area contributed by atoms with Gasteiger partial charge in [0.05, 0.1) is 19.6 Å². The van der Waals surface area contributed by atoms with Crippen LogP contribution in [-0.2, 0) is 4.74 Å². The molecule has 0 saturated carbocycles. The van der Waals surface area contributed by atoms with E-state index in [2.05, 4.69) is 9.89 Å². The minimum Gasteiger partial charge on any atom is -0.378 e. The Morgan fingerprint density at radius 1 is 1.33 bits per heavy atom. The summed E-state index contributed by atoms with van der Waals surface area (Å²) in [6.45, 7) is 3.27. The molecule has 0 unspecified atom stereocenters. The van der Waals surface area contributed by atoms with E-state index in [9.17, 15) is 0 Å². The fourth-order valence-electron chi connectivity index (χ4n) is 1.67. The molecule has 4 nitrogen and oxygen atoms in total. The second kappa shape index (κ2) is 6.47. The van der Waals surface area contributed by atoms with E-state index < -0.39 is 0 Å². The normalized spacial score (nSPS) is 15.9. The van der Waals surface area contributed by atoms with Gasteiger partial charge in [-0.2, -0.15) is 0 Å². The maximum atomic E-state index is 5.30. The lowest BCUT2D eigenvalue weighted by molar-refractivity contribution is 0.0701. The lowest BCUT2D eigenvalue weighted by Gasteiger charge is -2.24. The summed E-state index contributed by atoms with van der Waals surface area (Å²) in [7, 11) is 1.92. The van der Waals surface area contributed by atoms with E-state index >= 15 is 0 Å². The molecule has 0 atom stereocenters. The zero-order valence-electron chi connectivity index (χ0n) is 10.5. The molecule has 1 heterocycles. The highest BCUT2D eigenvalue weighted by Gasteiger charge is 2.08. The fraction of sp³-hybridized carbons (Fsp3) is 0.385. The van der Waals surface area contributed by atoms with Crippen molar-refractivity contribution in [2.24, 2.45) is 4.99 Å². The topological polar surface area (TPSA) is 28.1 Å². The molecule has 1 saturated heterocycles. The minimum absolute atomic E-state index is 0.563. The molecule has 1 fully saturated rings. The monoisotopic (exact) mass is 263 g/mol. The Morgan fingerprint density at radius 2 is 2.00 bits per heavy atom. The summed E-state index contributed by atoms with van der Waals surface area (Å²) in [6.07, 6.45) is 1.81. The highest BCUT2D eigenvalue weighted by molar-refractivity contribution is 7.80. The van der Waals surface area contributed by atoms with Crippen LogP contribution in [0.1, 0.15) is 0 Å². The first-order valence-electron chi connectivity index (χ1n) is 5.96. The van der Waals surface area contributed by atoms with Crippen LogP contribution in [0.25, 0.3) is 0 Å². The number of hydrogen-bond donors (Lipinski definition) is 0. The molecule has 0 N–H and O–H groups in total. The van der Waals surface area contributed by atoms with Gasteiger partial charge in [0.1, 0.15) is 0 Å². The van der Waals surface area contributed by atoms with Gasteiger partial charge >= 0.3 is 0 Å². The first-order chi connectivity index (χ1) is 8.77. The number of para-hydroxylation sites is 1. The molecular formula is C13H17N3OS. The summed E-state index contributed by atoms with van der Waals surface area (Å²) in [5, 5.41) is 0.563.